The number of thiophene rings is 1. The van der Waals surface area contributed by atoms with Crippen molar-refractivity contribution in [3.05, 3.63) is 64.7 Å². The highest BCUT2D eigenvalue weighted by atomic mass is 32.1. The molecule has 4 rings (SSSR count). The summed E-state index contributed by atoms with van der Waals surface area (Å²) >= 11 is 1.53. The quantitative estimate of drug-likeness (QED) is 0.532. The monoisotopic (exact) mass is 394 g/mol. The Morgan fingerprint density at radius 1 is 1.18 bits per heavy atom. The van der Waals surface area contributed by atoms with Crippen LogP contribution in [-0.4, -0.2) is 21.0 Å². The molecule has 4 aromatic rings. The summed E-state index contributed by atoms with van der Waals surface area (Å²) in [7, 11) is 0. The zero-order chi connectivity index (χ0) is 19.5. The van der Waals surface area contributed by atoms with Gasteiger partial charge >= 0.3 is 0 Å². The van der Waals surface area contributed by atoms with Gasteiger partial charge < -0.3 is 14.3 Å². The number of hydrogen-bond donors (Lipinski definition) is 1. The predicted molar refractivity (Wildman–Crippen MR) is 105 cm³/mol. The number of hydrogen-bond acceptors (Lipinski definition) is 7. The number of nitrogens with one attached hydrogen (secondary N) is 1. The van der Waals surface area contributed by atoms with Crippen LogP contribution in [0.1, 0.15) is 22.9 Å². The van der Waals surface area contributed by atoms with Crippen molar-refractivity contribution in [1.82, 2.24) is 20.4 Å². The number of carbonyl (C=O) groups excluding carboxylic acids is 1. The van der Waals surface area contributed by atoms with Crippen LogP contribution in [0.3, 0.4) is 0 Å². The fourth-order valence-corrected chi connectivity index (χ4v) is 3.36. The summed E-state index contributed by atoms with van der Waals surface area (Å²) in [6.45, 7) is 3.98. The van der Waals surface area contributed by atoms with Crippen LogP contribution in [0.5, 0.6) is 0 Å². The van der Waals surface area contributed by atoms with Gasteiger partial charge in [0.15, 0.2) is 0 Å². The van der Waals surface area contributed by atoms with E-state index in [-0.39, 0.29) is 18.9 Å². The van der Waals surface area contributed by atoms with Gasteiger partial charge in [0.1, 0.15) is 5.76 Å². The summed E-state index contributed by atoms with van der Waals surface area (Å²) in [4.78, 5) is 22.0. The molecule has 0 atom stereocenters. The fraction of sp³-hybridized carbons (Fsp3) is 0.200. The fourth-order valence-electron chi connectivity index (χ4n) is 2.71. The second-order valence-corrected chi connectivity index (χ2v) is 7.28. The lowest BCUT2D eigenvalue weighted by Gasteiger charge is -2.00. The summed E-state index contributed by atoms with van der Waals surface area (Å²) in [5, 5.41) is 8.65. The zero-order valence-electron chi connectivity index (χ0n) is 15.4. The molecule has 1 aromatic carbocycles. The number of benzene rings is 1. The third-order valence-corrected chi connectivity index (χ3v) is 5.00. The van der Waals surface area contributed by atoms with E-state index in [2.05, 4.69) is 20.4 Å². The molecule has 0 saturated heterocycles. The third-order valence-electron chi connectivity index (χ3n) is 4.13. The second kappa shape index (κ2) is 7.77. The molecule has 0 aliphatic heterocycles. The second-order valence-electron chi connectivity index (χ2n) is 6.33. The van der Waals surface area contributed by atoms with Gasteiger partial charge in [0.05, 0.1) is 23.5 Å². The predicted octanol–water partition coefficient (Wildman–Crippen LogP) is 3.93. The molecule has 0 bridgehead atoms. The smallest absolute Gasteiger partial charge is 0.246 e. The average molecular weight is 394 g/mol. The van der Waals surface area contributed by atoms with E-state index in [0.29, 0.717) is 29.1 Å². The molecule has 28 heavy (non-hydrogen) atoms. The topological polar surface area (TPSA) is 94.1 Å². The van der Waals surface area contributed by atoms with Gasteiger partial charge in [-0.15, -0.1) is 11.3 Å². The standard InChI is InChI=1S/C20H18N4O3S/c1-12-5-3-6-14(9-12)20-22-15(13(2)26-20)10-17(25)21-11-18-23-19(24-27-18)16-7-4-8-28-16/h3-9H,10-11H2,1-2H3,(H,21,25). The van der Waals surface area contributed by atoms with Gasteiger partial charge in [-0.25, -0.2) is 4.98 Å². The maximum atomic E-state index is 12.3. The molecule has 142 valence electrons. The molecule has 0 saturated carbocycles. The van der Waals surface area contributed by atoms with Gasteiger partial charge in [0, 0.05) is 5.56 Å². The number of oxazole rings is 1. The largest absolute Gasteiger partial charge is 0.441 e. The lowest BCUT2D eigenvalue weighted by molar-refractivity contribution is -0.120. The minimum absolute atomic E-state index is 0.118. The van der Waals surface area contributed by atoms with Crippen LogP contribution < -0.4 is 5.32 Å². The lowest BCUT2D eigenvalue weighted by atomic mass is 10.1. The average Bonchev–Trinajstić information content (AvgIpc) is 3.41. The van der Waals surface area contributed by atoms with Gasteiger partial charge in [-0.1, -0.05) is 28.9 Å². The van der Waals surface area contributed by atoms with Gasteiger partial charge in [-0.2, -0.15) is 4.98 Å². The number of carbonyl (C=O) groups is 1. The Balaban J connectivity index is 1.38. The van der Waals surface area contributed by atoms with E-state index in [0.717, 1.165) is 16.0 Å². The number of aromatic nitrogens is 3. The minimum Gasteiger partial charge on any atom is -0.441 e. The summed E-state index contributed by atoms with van der Waals surface area (Å²) in [6, 6.07) is 11.7. The van der Waals surface area contributed by atoms with Crippen LogP contribution >= 0.6 is 11.3 Å². The molecule has 0 spiro atoms. The van der Waals surface area contributed by atoms with Crippen LogP contribution in [0.4, 0.5) is 0 Å². The Morgan fingerprint density at radius 3 is 2.86 bits per heavy atom. The summed E-state index contributed by atoms with van der Waals surface area (Å²) in [5.74, 6) is 1.83. The van der Waals surface area contributed by atoms with Crippen molar-refractivity contribution in [2.24, 2.45) is 0 Å². The Hall–Kier alpha value is -3.26. The minimum atomic E-state index is -0.192. The zero-order valence-corrected chi connectivity index (χ0v) is 16.2. The van der Waals surface area contributed by atoms with Crippen LogP contribution in [-0.2, 0) is 17.8 Å². The molecule has 1 N–H and O–H groups in total. The normalized spacial score (nSPS) is 10.9. The van der Waals surface area contributed by atoms with Crippen molar-refractivity contribution >= 4 is 17.2 Å². The molecule has 0 radical (unpaired) electrons. The summed E-state index contributed by atoms with van der Waals surface area (Å²) in [5.41, 5.74) is 2.62. The van der Waals surface area contributed by atoms with Crippen molar-refractivity contribution < 1.29 is 13.7 Å². The lowest BCUT2D eigenvalue weighted by Crippen LogP contribution is -2.25. The van der Waals surface area contributed by atoms with Gasteiger partial charge in [0.25, 0.3) is 0 Å². The molecule has 7 nitrogen and oxygen atoms in total. The molecule has 1 amide bonds. The van der Waals surface area contributed by atoms with Gasteiger partial charge in [0.2, 0.25) is 23.5 Å². The third kappa shape index (κ3) is 4.01. The van der Waals surface area contributed by atoms with E-state index in [1.807, 2.05) is 48.7 Å². The summed E-state index contributed by atoms with van der Waals surface area (Å²) < 4.78 is 10.9. The number of nitrogens with zero attached hydrogens (tertiary/aromatic N) is 3. The molecule has 3 heterocycles. The Kier molecular flexibility index (Phi) is 5.03. The first-order chi connectivity index (χ1) is 13.6. The van der Waals surface area contributed by atoms with Crippen LogP contribution in [0.2, 0.25) is 0 Å². The van der Waals surface area contributed by atoms with Gasteiger partial charge in [-0.3, -0.25) is 4.79 Å². The van der Waals surface area contributed by atoms with Crippen LogP contribution in [0.15, 0.2) is 50.7 Å². The Morgan fingerprint density at radius 2 is 2.07 bits per heavy atom. The van der Waals surface area contributed by atoms with E-state index >= 15 is 0 Å². The van der Waals surface area contributed by atoms with Crippen LogP contribution in [0.25, 0.3) is 22.2 Å². The number of rotatable bonds is 6. The molecule has 0 fully saturated rings. The van der Waals surface area contributed by atoms with E-state index < -0.39 is 0 Å². The number of amides is 1. The SMILES string of the molecule is Cc1cccc(-c2nc(CC(=O)NCc3nc(-c4cccs4)no3)c(C)o2)c1. The first-order valence-corrected chi connectivity index (χ1v) is 9.63. The van der Waals surface area contributed by atoms with E-state index in [4.69, 9.17) is 8.94 Å². The molecular formula is C20H18N4O3S. The van der Waals surface area contributed by atoms with Crippen molar-refractivity contribution in [2.45, 2.75) is 26.8 Å². The highest BCUT2D eigenvalue weighted by Crippen LogP contribution is 2.23. The molecule has 8 heteroatoms. The highest BCUT2D eigenvalue weighted by Gasteiger charge is 2.16. The molecule has 0 aliphatic carbocycles. The van der Waals surface area contributed by atoms with Crippen molar-refractivity contribution in [3.8, 4) is 22.2 Å². The van der Waals surface area contributed by atoms with Gasteiger partial charge in [-0.05, 0) is 37.4 Å². The van der Waals surface area contributed by atoms with E-state index in [1.54, 1.807) is 6.92 Å². The molecule has 3 aromatic heterocycles. The Labute approximate surface area is 165 Å². The maximum absolute atomic E-state index is 12.3. The van der Waals surface area contributed by atoms with Crippen molar-refractivity contribution in [1.29, 1.82) is 0 Å². The van der Waals surface area contributed by atoms with E-state index in [9.17, 15) is 4.79 Å². The van der Waals surface area contributed by atoms with Crippen molar-refractivity contribution in [2.75, 3.05) is 0 Å². The molecule has 0 aliphatic rings. The van der Waals surface area contributed by atoms with E-state index in [1.165, 1.54) is 11.3 Å². The molecular weight excluding hydrogens is 376 g/mol. The maximum Gasteiger partial charge on any atom is 0.246 e. The summed E-state index contributed by atoms with van der Waals surface area (Å²) in [6.07, 6.45) is 0.118. The molecule has 0 unspecified atom stereocenters. The first kappa shape index (κ1) is 18.1. The number of aryl methyl sites for hydroxylation is 2. The first-order valence-electron chi connectivity index (χ1n) is 8.75. The highest BCUT2D eigenvalue weighted by molar-refractivity contribution is 7.13. The Bertz CT molecular complexity index is 1100. The van der Waals surface area contributed by atoms with Crippen molar-refractivity contribution in [3.63, 3.8) is 0 Å². The van der Waals surface area contributed by atoms with Crippen LogP contribution in [0, 0.1) is 13.8 Å².